The summed E-state index contributed by atoms with van der Waals surface area (Å²) in [7, 11) is 0. The molecule has 0 atom stereocenters. The van der Waals surface area contributed by atoms with Gasteiger partial charge in [-0.05, 0) is 45.3 Å². The maximum Gasteiger partial charge on any atom is 0.410 e. The minimum Gasteiger partial charge on any atom is -0.444 e. The lowest BCUT2D eigenvalue weighted by Crippen LogP contribution is -2.39. The van der Waals surface area contributed by atoms with Crippen LogP contribution in [0.15, 0.2) is 29.9 Å². The fourth-order valence-corrected chi connectivity index (χ4v) is 3.93. The topological polar surface area (TPSA) is 84.4 Å². The first-order valence-corrected chi connectivity index (χ1v) is 11.5. The van der Waals surface area contributed by atoms with Gasteiger partial charge in [-0.1, -0.05) is 19.4 Å². The molecule has 0 saturated heterocycles. The molecule has 0 saturated carbocycles. The van der Waals surface area contributed by atoms with Crippen molar-refractivity contribution in [3.8, 4) is 10.6 Å². The van der Waals surface area contributed by atoms with Crippen molar-refractivity contribution in [3.05, 3.63) is 35.6 Å². The second kappa shape index (κ2) is 10.0. The van der Waals surface area contributed by atoms with Crippen LogP contribution in [0.1, 0.15) is 59.1 Å². The average molecular weight is 443 g/mol. The van der Waals surface area contributed by atoms with Gasteiger partial charge >= 0.3 is 6.09 Å². The zero-order chi connectivity index (χ0) is 22.4. The van der Waals surface area contributed by atoms with Crippen LogP contribution in [0.3, 0.4) is 0 Å². The van der Waals surface area contributed by atoms with E-state index in [0.29, 0.717) is 25.9 Å². The number of rotatable bonds is 6. The van der Waals surface area contributed by atoms with Crippen LogP contribution in [-0.4, -0.2) is 45.6 Å². The van der Waals surface area contributed by atoms with Crippen molar-refractivity contribution >= 4 is 34.6 Å². The summed E-state index contributed by atoms with van der Waals surface area (Å²) in [5, 5.41) is 4.86. The minimum absolute atomic E-state index is 0.0351. The van der Waals surface area contributed by atoms with E-state index >= 15 is 0 Å². The SMILES string of the molecule is CCCCC(=O)Nc1csc(-c2cncc(C3=CCN(C(=O)OC(C)(C)C)CC3)n2)c1. The maximum absolute atomic E-state index is 12.3. The fraction of sp³-hybridized carbons (Fsp3) is 0.478. The molecule has 0 spiro atoms. The molecule has 3 rings (SSSR count). The molecule has 2 aromatic rings. The van der Waals surface area contributed by atoms with E-state index in [4.69, 9.17) is 9.72 Å². The van der Waals surface area contributed by atoms with Gasteiger partial charge in [0.25, 0.3) is 0 Å². The van der Waals surface area contributed by atoms with Crippen molar-refractivity contribution in [2.75, 3.05) is 18.4 Å². The molecule has 1 aliphatic rings. The van der Waals surface area contributed by atoms with Gasteiger partial charge in [0.2, 0.25) is 5.91 Å². The number of anilines is 1. The third-order valence-corrected chi connectivity index (χ3v) is 5.67. The molecule has 2 amide bonds. The Kier molecular flexibility index (Phi) is 7.43. The largest absolute Gasteiger partial charge is 0.444 e. The molecule has 31 heavy (non-hydrogen) atoms. The lowest BCUT2D eigenvalue weighted by Gasteiger charge is -2.29. The van der Waals surface area contributed by atoms with E-state index in [1.54, 1.807) is 17.3 Å². The highest BCUT2D eigenvalue weighted by Crippen LogP contribution is 2.30. The van der Waals surface area contributed by atoms with Crippen LogP contribution in [0.5, 0.6) is 0 Å². The normalized spacial score (nSPS) is 14.2. The zero-order valence-electron chi connectivity index (χ0n) is 18.6. The molecule has 2 aromatic heterocycles. The Labute approximate surface area is 187 Å². The predicted octanol–water partition coefficient (Wildman–Crippen LogP) is 5.36. The van der Waals surface area contributed by atoms with Gasteiger partial charge in [0.05, 0.1) is 34.3 Å². The zero-order valence-corrected chi connectivity index (χ0v) is 19.4. The van der Waals surface area contributed by atoms with E-state index in [9.17, 15) is 9.59 Å². The molecular formula is C23H30N4O3S. The molecule has 7 nitrogen and oxygen atoms in total. The molecule has 166 valence electrons. The van der Waals surface area contributed by atoms with Crippen LogP contribution in [0, 0.1) is 0 Å². The number of amides is 2. The molecule has 1 N–H and O–H groups in total. The summed E-state index contributed by atoms with van der Waals surface area (Å²) in [5.74, 6) is 0.0351. The number of nitrogens with one attached hydrogen (secondary N) is 1. The number of aromatic nitrogens is 2. The quantitative estimate of drug-likeness (QED) is 0.651. The molecule has 0 aromatic carbocycles. The van der Waals surface area contributed by atoms with Crippen molar-refractivity contribution in [2.24, 2.45) is 0 Å². The van der Waals surface area contributed by atoms with E-state index in [0.717, 1.165) is 40.4 Å². The molecular weight excluding hydrogens is 412 g/mol. The lowest BCUT2D eigenvalue weighted by atomic mass is 10.1. The molecule has 0 bridgehead atoms. The fourth-order valence-electron chi connectivity index (χ4n) is 3.13. The third-order valence-electron chi connectivity index (χ3n) is 4.72. The number of nitrogens with zero attached hydrogens (tertiary/aromatic N) is 3. The monoisotopic (exact) mass is 442 g/mol. The number of carbonyl (C=O) groups excluding carboxylic acids is 2. The van der Waals surface area contributed by atoms with Crippen molar-refractivity contribution in [3.63, 3.8) is 0 Å². The van der Waals surface area contributed by atoms with Gasteiger partial charge in [0, 0.05) is 24.9 Å². The second-order valence-electron chi connectivity index (χ2n) is 8.55. The van der Waals surface area contributed by atoms with Crippen molar-refractivity contribution in [2.45, 2.75) is 59.0 Å². The number of thiophene rings is 1. The minimum atomic E-state index is -0.504. The van der Waals surface area contributed by atoms with Gasteiger partial charge in [-0.3, -0.25) is 9.78 Å². The van der Waals surface area contributed by atoms with Crippen LogP contribution >= 0.6 is 11.3 Å². The van der Waals surface area contributed by atoms with Gasteiger partial charge in [0.15, 0.2) is 0 Å². The molecule has 0 unspecified atom stereocenters. The Bertz CT molecular complexity index is 962. The summed E-state index contributed by atoms with van der Waals surface area (Å²) in [6.45, 7) is 8.73. The smallest absolute Gasteiger partial charge is 0.410 e. The first kappa shape index (κ1) is 22.9. The van der Waals surface area contributed by atoms with E-state index in [2.05, 4.69) is 17.2 Å². The number of hydrogen-bond acceptors (Lipinski definition) is 6. The summed E-state index contributed by atoms with van der Waals surface area (Å²) in [6.07, 6.45) is 8.30. The Morgan fingerprint density at radius 2 is 2.03 bits per heavy atom. The lowest BCUT2D eigenvalue weighted by molar-refractivity contribution is -0.116. The van der Waals surface area contributed by atoms with Crippen LogP contribution < -0.4 is 5.32 Å². The van der Waals surface area contributed by atoms with Crippen molar-refractivity contribution in [1.82, 2.24) is 14.9 Å². The van der Waals surface area contributed by atoms with E-state index in [1.807, 2.05) is 38.3 Å². The van der Waals surface area contributed by atoms with E-state index in [1.165, 1.54) is 11.3 Å². The predicted molar refractivity (Wildman–Crippen MR) is 124 cm³/mol. The van der Waals surface area contributed by atoms with Crippen LogP contribution in [0.25, 0.3) is 16.1 Å². The van der Waals surface area contributed by atoms with Gasteiger partial charge in [0.1, 0.15) is 5.60 Å². The Morgan fingerprint density at radius 3 is 2.71 bits per heavy atom. The highest BCUT2D eigenvalue weighted by Gasteiger charge is 2.24. The molecule has 0 fully saturated rings. The number of ether oxygens (including phenoxy) is 1. The van der Waals surface area contributed by atoms with E-state index < -0.39 is 5.60 Å². The Morgan fingerprint density at radius 1 is 1.26 bits per heavy atom. The standard InChI is InChI=1S/C23H30N4O3S/c1-5-6-7-21(28)25-17-12-20(31-15-17)19-14-24-13-18(26-19)16-8-10-27(11-9-16)22(29)30-23(2,3)4/h8,12-15H,5-7,9-11H2,1-4H3,(H,25,28). The number of hydrogen-bond donors (Lipinski definition) is 1. The van der Waals surface area contributed by atoms with Crippen LogP contribution in [0.2, 0.25) is 0 Å². The Hall–Kier alpha value is -2.74. The highest BCUT2D eigenvalue weighted by atomic mass is 32.1. The molecule has 1 aliphatic heterocycles. The van der Waals surface area contributed by atoms with Crippen LogP contribution in [0.4, 0.5) is 10.5 Å². The summed E-state index contributed by atoms with van der Waals surface area (Å²) in [4.78, 5) is 36.0. The van der Waals surface area contributed by atoms with Gasteiger partial charge < -0.3 is 15.0 Å². The molecule has 3 heterocycles. The van der Waals surface area contributed by atoms with E-state index in [-0.39, 0.29) is 12.0 Å². The number of carbonyl (C=O) groups is 2. The number of unbranched alkanes of at least 4 members (excludes halogenated alkanes) is 1. The van der Waals surface area contributed by atoms with Gasteiger partial charge in [-0.15, -0.1) is 11.3 Å². The first-order chi connectivity index (χ1) is 14.7. The molecule has 0 aliphatic carbocycles. The maximum atomic E-state index is 12.3. The second-order valence-corrected chi connectivity index (χ2v) is 9.46. The summed E-state index contributed by atoms with van der Waals surface area (Å²) < 4.78 is 5.45. The molecule has 8 heteroatoms. The molecule has 0 radical (unpaired) electrons. The van der Waals surface area contributed by atoms with Crippen molar-refractivity contribution in [1.29, 1.82) is 0 Å². The average Bonchev–Trinajstić information content (AvgIpc) is 3.19. The summed E-state index contributed by atoms with van der Waals surface area (Å²) in [5.41, 5.74) is 2.93. The highest BCUT2D eigenvalue weighted by molar-refractivity contribution is 7.14. The van der Waals surface area contributed by atoms with Crippen LogP contribution in [-0.2, 0) is 9.53 Å². The first-order valence-electron chi connectivity index (χ1n) is 10.6. The Balaban J connectivity index is 1.66. The third kappa shape index (κ3) is 6.62. The van der Waals surface area contributed by atoms with Crippen molar-refractivity contribution < 1.29 is 14.3 Å². The summed E-state index contributed by atoms with van der Waals surface area (Å²) >= 11 is 1.53. The van der Waals surface area contributed by atoms with Gasteiger partial charge in [-0.25, -0.2) is 9.78 Å². The van der Waals surface area contributed by atoms with Gasteiger partial charge in [-0.2, -0.15) is 0 Å². The summed E-state index contributed by atoms with van der Waals surface area (Å²) in [6, 6.07) is 1.93.